The molecule has 0 aromatic heterocycles. The molecule has 4 nitrogen and oxygen atoms in total. The first-order chi connectivity index (χ1) is 15.9. The molecule has 5 rings (SSSR count). The number of carbonyl (C=O) groups excluding carboxylic acids is 1. The molecule has 0 radical (unpaired) electrons. The van der Waals surface area contributed by atoms with E-state index in [4.69, 9.17) is 9.16 Å². The van der Waals surface area contributed by atoms with Crippen molar-refractivity contribution in [2.75, 3.05) is 6.61 Å². The van der Waals surface area contributed by atoms with Crippen LogP contribution in [0.25, 0.3) is 0 Å². The van der Waals surface area contributed by atoms with Crippen LogP contribution in [0.4, 0.5) is 4.79 Å². The number of rotatable bonds is 4. The van der Waals surface area contributed by atoms with Crippen LogP contribution in [-0.4, -0.2) is 43.6 Å². The maximum absolute atomic E-state index is 13.1. The van der Waals surface area contributed by atoms with Crippen LogP contribution in [0.15, 0.2) is 60.7 Å². The molecule has 1 aliphatic carbocycles. The minimum atomic E-state index is -2.68. The molecule has 3 atom stereocenters. The first-order valence-corrected chi connectivity index (χ1v) is 14.5. The minimum absolute atomic E-state index is 0.0252. The van der Waals surface area contributed by atoms with Crippen LogP contribution in [0.1, 0.15) is 65.7 Å². The van der Waals surface area contributed by atoms with Crippen molar-refractivity contribution in [3.05, 3.63) is 60.7 Å². The summed E-state index contributed by atoms with van der Waals surface area (Å²) in [5.74, 6) is 0. The fraction of sp³-hybridized carbons (Fsp3) is 0.536. The zero-order valence-corrected chi connectivity index (χ0v) is 21.3. The van der Waals surface area contributed by atoms with Gasteiger partial charge in [-0.2, -0.15) is 0 Å². The van der Waals surface area contributed by atoms with Gasteiger partial charge in [-0.25, -0.2) is 4.79 Å². The van der Waals surface area contributed by atoms with Gasteiger partial charge in [0, 0.05) is 12.5 Å². The molecule has 0 bridgehead atoms. The lowest BCUT2D eigenvalue weighted by Crippen LogP contribution is -2.72. The molecule has 2 aromatic carbocycles. The van der Waals surface area contributed by atoms with E-state index in [9.17, 15) is 4.79 Å². The summed E-state index contributed by atoms with van der Waals surface area (Å²) in [4.78, 5) is 15.2. The van der Waals surface area contributed by atoms with Crippen LogP contribution in [0.2, 0.25) is 5.04 Å². The summed E-state index contributed by atoms with van der Waals surface area (Å²) in [7, 11) is -2.68. The van der Waals surface area contributed by atoms with Gasteiger partial charge < -0.3 is 9.16 Å². The molecular formula is C28H37NO3Si. The van der Waals surface area contributed by atoms with Crippen LogP contribution in [0.3, 0.4) is 0 Å². The third kappa shape index (κ3) is 3.64. The lowest BCUT2D eigenvalue weighted by Gasteiger charge is -2.55. The average Bonchev–Trinajstić information content (AvgIpc) is 3.19. The Labute approximate surface area is 199 Å². The molecule has 2 heterocycles. The van der Waals surface area contributed by atoms with Crippen LogP contribution in [0, 0.1) is 0 Å². The molecule has 3 aliphatic rings. The summed E-state index contributed by atoms with van der Waals surface area (Å²) in [6.07, 6.45) is 7.22. The number of cyclic esters (lactones) is 1. The molecule has 33 heavy (non-hydrogen) atoms. The van der Waals surface area contributed by atoms with Crippen LogP contribution >= 0.6 is 0 Å². The number of benzene rings is 2. The van der Waals surface area contributed by atoms with Crippen molar-refractivity contribution in [2.45, 2.75) is 88.4 Å². The largest absolute Gasteiger partial charge is 0.449 e. The third-order valence-electron chi connectivity index (χ3n) is 8.28. The number of amides is 1. The molecule has 1 saturated carbocycles. The van der Waals surface area contributed by atoms with E-state index in [0.717, 1.165) is 44.9 Å². The first-order valence-electron chi connectivity index (χ1n) is 12.6. The van der Waals surface area contributed by atoms with E-state index in [0.29, 0.717) is 12.6 Å². The number of carbonyl (C=O) groups is 1. The molecule has 3 fully saturated rings. The summed E-state index contributed by atoms with van der Waals surface area (Å²) in [6.45, 7) is 7.55. The van der Waals surface area contributed by atoms with Crippen molar-refractivity contribution in [3.63, 3.8) is 0 Å². The second-order valence-electron chi connectivity index (χ2n) is 11.1. The van der Waals surface area contributed by atoms with Crippen molar-refractivity contribution in [1.29, 1.82) is 0 Å². The van der Waals surface area contributed by atoms with Gasteiger partial charge in [-0.15, -0.1) is 0 Å². The summed E-state index contributed by atoms with van der Waals surface area (Å²) in [5, 5.41) is 2.54. The second kappa shape index (κ2) is 8.59. The number of hydrogen-bond acceptors (Lipinski definition) is 3. The average molecular weight is 464 g/mol. The highest BCUT2D eigenvalue weighted by Crippen LogP contribution is 2.50. The van der Waals surface area contributed by atoms with Gasteiger partial charge in [-0.3, -0.25) is 4.90 Å². The van der Waals surface area contributed by atoms with Crippen LogP contribution in [0.5, 0.6) is 0 Å². The molecule has 2 saturated heterocycles. The van der Waals surface area contributed by atoms with E-state index in [-0.39, 0.29) is 22.8 Å². The Morgan fingerprint density at radius 3 is 2.06 bits per heavy atom. The number of nitrogens with zero attached hydrogens (tertiary/aromatic N) is 1. The molecule has 1 amide bonds. The Morgan fingerprint density at radius 2 is 1.48 bits per heavy atom. The Morgan fingerprint density at radius 1 is 0.909 bits per heavy atom. The standard InChI is InChI=1S/C28H37NO3Si/c1-27(2,3)33(23-13-6-4-7-14-23,24-15-8-5-9-16-24)32-25-17-11-20-28(25)19-10-12-22-18-21-31-26(30)29(22)28/h4-9,13-16,22,25H,10-12,17-21H2,1-3H3/t22-,25-,28+/m1/s1. The van der Waals surface area contributed by atoms with Crippen LogP contribution in [-0.2, 0) is 9.16 Å². The maximum atomic E-state index is 13.1. The zero-order valence-electron chi connectivity index (χ0n) is 20.3. The highest BCUT2D eigenvalue weighted by molar-refractivity contribution is 6.99. The molecular weight excluding hydrogens is 426 g/mol. The Bertz CT molecular complexity index is 932. The quantitative estimate of drug-likeness (QED) is 0.582. The predicted molar refractivity (Wildman–Crippen MR) is 135 cm³/mol. The highest BCUT2D eigenvalue weighted by atomic mass is 28.4. The number of hydrogen-bond donors (Lipinski definition) is 0. The summed E-state index contributed by atoms with van der Waals surface area (Å²) in [6, 6.07) is 22.0. The van der Waals surface area contributed by atoms with Gasteiger partial charge >= 0.3 is 6.09 Å². The van der Waals surface area contributed by atoms with Crippen molar-refractivity contribution in [1.82, 2.24) is 4.90 Å². The van der Waals surface area contributed by atoms with E-state index < -0.39 is 8.32 Å². The lowest BCUT2D eigenvalue weighted by atomic mass is 9.79. The number of fused-ring (bicyclic) bond motifs is 2. The molecule has 0 N–H and O–H groups in total. The molecule has 2 aliphatic heterocycles. The number of piperidine rings is 1. The first kappa shape index (κ1) is 22.7. The summed E-state index contributed by atoms with van der Waals surface area (Å²) < 4.78 is 13.2. The lowest BCUT2D eigenvalue weighted by molar-refractivity contribution is -0.0758. The fourth-order valence-electron chi connectivity index (χ4n) is 6.87. The SMILES string of the molecule is CC(C)(C)[Si](O[C@@H]1CCC[C@@]12CCC[C@@H]1CCOC(=O)N12)(c1ccccc1)c1ccccc1. The van der Waals surface area contributed by atoms with Crippen molar-refractivity contribution in [2.24, 2.45) is 0 Å². The Hall–Kier alpha value is -2.11. The summed E-state index contributed by atoms with van der Waals surface area (Å²) >= 11 is 0. The Kier molecular flexibility index (Phi) is 5.90. The van der Waals surface area contributed by atoms with Gasteiger partial charge in [0.1, 0.15) is 0 Å². The van der Waals surface area contributed by atoms with Gasteiger partial charge in [0.05, 0.1) is 18.2 Å². The zero-order chi connectivity index (χ0) is 23.1. The van der Waals surface area contributed by atoms with Gasteiger partial charge in [0.25, 0.3) is 8.32 Å². The van der Waals surface area contributed by atoms with E-state index >= 15 is 0 Å². The van der Waals surface area contributed by atoms with Crippen molar-refractivity contribution >= 4 is 24.8 Å². The highest BCUT2D eigenvalue weighted by Gasteiger charge is 2.60. The fourth-order valence-corrected chi connectivity index (χ4v) is 11.7. The minimum Gasteiger partial charge on any atom is -0.449 e. The summed E-state index contributed by atoms with van der Waals surface area (Å²) in [5.41, 5.74) is -0.243. The molecule has 5 heteroatoms. The van der Waals surface area contributed by atoms with Crippen molar-refractivity contribution in [3.8, 4) is 0 Å². The van der Waals surface area contributed by atoms with Gasteiger partial charge in [0.15, 0.2) is 0 Å². The Balaban J connectivity index is 1.63. The molecule has 2 aromatic rings. The van der Waals surface area contributed by atoms with Gasteiger partial charge in [-0.1, -0.05) is 81.4 Å². The van der Waals surface area contributed by atoms with E-state index in [1.807, 2.05) is 0 Å². The number of ether oxygens (including phenoxy) is 1. The normalized spacial score (nSPS) is 28.0. The smallest absolute Gasteiger partial charge is 0.410 e. The topological polar surface area (TPSA) is 38.8 Å². The predicted octanol–water partition coefficient (Wildman–Crippen LogP) is 5.25. The van der Waals surface area contributed by atoms with E-state index in [2.05, 4.69) is 86.3 Å². The van der Waals surface area contributed by atoms with E-state index in [1.165, 1.54) is 10.4 Å². The van der Waals surface area contributed by atoms with E-state index in [1.54, 1.807) is 0 Å². The van der Waals surface area contributed by atoms with Gasteiger partial charge in [0.2, 0.25) is 0 Å². The molecule has 0 unspecified atom stereocenters. The monoisotopic (exact) mass is 463 g/mol. The van der Waals surface area contributed by atoms with Crippen molar-refractivity contribution < 1.29 is 14.0 Å². The van der Waals surface area contributed by atoms with Crippen LogP contribution < -0.4 is 10.4 Å². The molecule has 176 valence electrons. The molecule has 1 spiro atoms. The maximum Gasteiger partial charge on any atom is 0.410 e. The third-order valence-corrected chi connectivity index (χ3v) is 13.3. The van der Waals surface area contributed by atoms with Gasteiger partial charge in [-0.05, 0) is 53.9 Å². The second-order valence-corrected chi connectivity index (χ2v) is 15.3.